The van der Waals surface area contributed by atoms with Crippen LogP contribution in [0.4, 0.5) is 14.5 Å². The molecule has 0 aliphatic heterocycles. The minimum atomic E-state index is -0.660. The molecule has 0 unspecified atom stereocenters. The van der Waals surface area contributed by atoms with Gasteiger partial charge in [0.05, 0.1) is 4.92 Å². The van der Waals surface area contributed by atoms with Crippen LogP contribution < -0.4 is 4.74 Å². The van der Waals surface area contributed by atoms with E-state index in [-0.39, 0.29) is 18.0 Å². The minimum Gasteiger partial charge on any atom is -0.482 e. The number of rotatable bonds is 4. The Morgan fingerprint density at radius 2 is 1.80 bits per heavy atom. The molecular weight excluding hydrogens is 268 g/mol. The predicted octanol–water partition coefficient (Wildman–Crippen LogP) is 3.76. The summed E-state index contributed by atoms with van der Waals surface area (Å²) in [5, 5.41) is 10.8. The molecule has 0 aliphatic rings. The summed E-state index contributed by atoms with van der Waals surface area (Å²) in [7, 11) is 0. The van der Waals surface area contributed by atoms with Gasteiger partial charge in [-0.3, -0.25) is 10.1 Å². The molecule has 0 fully saturated rings. The maximum absolute atomic E-state index is 13.1. The first-order valence-corrected chi connectivity index (χ1v) is 5.79. The normalized spacial score (nSPS) is 10.3. The van der Waals surface area contributed by atoms with Crippen molar-refractivity contribution in [2.45, 2.75) is 13.5 Å². The molecule has 0 aliphatic carbocycles. The number of benzene rings is 2. The van der Waals surface area contributed by atoms with Gasteiger partial charge in [-0.2, -0.15) is 0 Å². The predicted molar refractivity (Wildman–Crippen MR) is 68.5 cm³/mol. The van der Waals surface area contributed by atoms with Crippen LogP contribution in [0.15, 0.2) is 36.4 Å². The van der Waals surface area contributed by atoms with E-state index in [0.29, 0.717) is 5.56 Å². The van der Waals surface area contributed by atoms with Crippen molar-refractivity contribution in [3.63, 3.8) is 0 Å². The first-order chi connectivity index (χ1) is 9.47. The summed E-state index contributed by atoms with van der Waals surface area (Å²) >= 11 is 0. The number of nitro benzene ring substituents is 1. The third-order valence-electron chi connectivity index (χ3n) is 2.81. The molecule has 0 N–H and O–H groups in total. The monoisotopic (exact) mass is 279 g/mol. The lowest BCUT2D eigenvalue weighted by atomic mass is 10.1. The SMILES string of the molecule is Cc1ccc(F)cc1COc1cc(F)ccc1[N+](=O)[O-]. The van der Waals surface area contributed by atoms with E-state index in [9.17, 15) is 18.9 Å². The summed E-state index contributed by atoms with van der Waals surface area (Å²) in [5.41, 5.74) is 0.995. The van der Waals surface area contributed by atoms with Crippen molar-refractivity contribution < 1.29 is 18.4 Å². The van der Waals surface area contributed by atoms with Crippen LogP contribution in [0.1, 0.15) is 11.1 Å². The second kappa shape index (κ2) is 5.64. The Balaban J connectivity index is 2.24. The number of halogens is 2. The summed E-state index contributed by atoms with van der Waals surface area (Å²) in [6.07, 6.45) is 0. The van der Waals surface area contributed by atoms with Crippen LogP contribution in [0.25, 0.3) is 0 Å². The Bertz CT molecular complexity index is 659. The van der Waals surface area contributed by atoms with Gasteiger partial charge in [0.25, 0.3) is 0 Å². The van der Waals surface area contributed by atoms with Crippen molar-refractivity contribution in [2.24, 2.45) is 0 Å². The van der Waals surface area contributed by atoms with Crippen molar-refractivity contribution in [3.05, 3.63) is 69.3 Å². The fourth-order valence-corrected chi connectivity index (χ4v) is 1.71. The van der Waals surface area contributed by atoms with Crippen molar-refractivity contribution in [3.8, 4) is 5.75 Å². The lowest BCUT2D eigenvalue weighted by Gasteiger charge is -2.09. The number of nitrogens with zero attached hydrogens (tertiary/aromatic N) is 1. The zero-order valence-electron chi connectivity index (χ0n) is 10.6. The largest absolute Gasteiger partial charge is 0.482 e. The van der Waals surface area contributed by atoms with Gasteiger partial charge in [-0.25, -0.2) is 8.78 Å². The molecule has 0 spiro atoms. The fourth-order valence-electron chi connectivity index (χ4n) is 1.71. The fraction of sp³-hybridized carbons (Fsp3) is 0.143. The number of hydrogen-bond donors (Lipinski definition) is 0. The number of nitro groups is 1. The molecule has 0 heterocycles. The zero-order valence-corrected chi connectivity index (χ0v) is 10.6. The summed E-state index contributed by atoms with van der Waals surface area (Å²) in [6.45, 7) is 1.69. The van der Waals surface area contributed by atoms with Crippen LogP contribution >= 0.6 is 0 Å². The van der Waals surface area contributed by atoms with Gasteiger partial charge in [0.15, 0.2) is 5.75 Å². The Hall–Kier alpha value is -2.50. The molecule has 2 aromatic rings. The average molecular weight is 279 g/mol. The lowest BCUT2D eigenvalue weighted by molar-refractivity contribution is -0.386. The Labute approximate surface area is 113 Å². The Morgan fingerprint density at radius 1 is 1.15 bits per heavy atom. The summed E-state index contributed by atoms with van der Waals surface area (Å²) in [6, 6.07) is 7.12. The quantitative estimate of drug-likeness (QED) is 0.632. The molecule has 0 aromatic heterocycles. The third-order valence-corrected chi connectivity index (χ3v) is 2.81. The molecule has 0 amide bonds. The van der Waals surface area contributed by atoms with E-state index >= 15 is 0 Å². The van der Waals surface area contributed by atoms with Crippen LogP contribution in [0, 0.1) is 28.7 Å². The summed E-state index contributed by atoms with van der Waals surface area (Å²) < 4.78 is 31.5. The van der Waals surface area contributed by atoms with E-state index in [1.54, 1.807) is 13.0 Å². The van der Waals surface area contributed by atoms with Gasteiger partial charge >= 0.3 is 5.69 Å². The summed E-state index contributed by atoms with van der Waals surface area (Å²) in [5.74, 6) is -1.25. The highest BCUT2D eigenvalue weighted by Crippen LogP contribution is 2.28. The maximum Gasteiger partial charge on any atom is 0.311 e. The summed E-state index contributed by atoms with van der Waals surface area (Å²) in [4.78, 5) is 10.1. The van der Waals surface area contributed by atoms with Gasteiger partial charge in [0.1, 0.15) is 18.2 Å². The van der Waals surface area contributed by atoms with E-state index in [0.717, 1.165) is 23.8 Å². The highest BCUT2D eigenvalue weighted by molar-refractivity contribution is 5.46. The highest BCUT2D eigenvalue weighted by Gasteiger charge is 2.16. The van der Waals surface area contributed by atoms with E-state index in [1.165, 1.54) is 12.1 Å². The molecule has 0 radical (unpaired) electrons. The lowest BCUT2D eigenvalue weighted by Crippen LogP contribution is -2.01. The van der Waals surface area contributed by atoms with Gasteiger partial charge in [0.2, 0.25) is 0 Å². The first-order valence-electron chi connectivity index (χ1n) is 5.79. The molecule has 0 saturated heterocycles. The zero-order chi connectivity index (χ0) is 14.7. The molecule has 0 atom stereocenters. The van der Waals surface area contributed by atoms with Crippen LogP contribution in [0.3, 0.4) is 0 Å². The van der Waals surface area contributed by atoms with E-state index in [4.69, 9.17) is 4.74 Å². The average Bonchev–Trinajstić information content (AvgIpc) is 2.39. The van der Waals surface area contributed by atoms with Crippen LogP contribution in [-0.4, -0.2) is 4.92 Å². The van der Waals surface area contributed by atoms with Crippen LogP contribution in [0.2, 0.25) is 0 Å². The number of aryl methyl sites for hydroxylation is 1. The molecule has 2 rings (SSSR count). The van der Waals surface area contributed by atoms with Gasteiger partial charge in [-0.15, -0.1) is 0 Å². The molecule has 6 heteroatoms. The molecule has 20 heavy (non-hydrogen) atoms. The highest BCUT2D eigenvalue weighted by atomic mass is 19.1. The molecule has 0 bridgehead atoms. The third kappa shape index (κ3) is 3.09. The molecule has 0 saturated carbocycles. The van der Waals surface area contributed by atoms with Gasteiger partial charge in [-0.1, -0.05) is 6.07 Å². The van der Waals surface area contributed by atoms with Crippen LogP contribution in [-0.2, 0) is 6.61 Å². The van der Waals surface area contributed by atoms with E-state index in [1.807, 2.05) is 0 Å². The van der Waals surface area contributed by atoms with Crippen molar-refractivity contribution in [2.75, 3.05) is 0 Å². The Morgan fingerprint density at radius 3 is 2.50 bits per heavy atom. The molecule has 104 valence electrons. The van der Waals surface area contributed by atoms with Crippen LogP contribution in [0.5, 0.6) is 5.75 Å². The smallest absolute Gasteiger partial charge is 0.311 e. The Kier molecular flexibility index (Phi) is 3.93. The van der Waals surface area contributed by atoms with Crippen molar-refractivity contribution in [1.29, 1.82) is 0 Å². The number of hydrogen-bond acceptors (Lipinski definition) is 3. The van der Waals surface area contributed by atoms with Gasteiger partial charge in [0, 0.05) is 12.1 Å². The second-order valence-electron chi connectivity index (χ2n) is 4.23. The minimum absolute atomic E-state index is 0.0755. The van der Waals surface area contributed by atoms with Crippen molar-refractivity contribution >= 4 is 5.69 Å². The van der Waals surface area contributed by atoms with E-state index < -0.39 is 16.6 Å². The number of ether oxygens (including phenoxy) is 1. The molecular formula is C14H11F2NO3. The molecule has 2 aromatic carbocycles. The standard InChI is InChI=1S/C14H11F2NO3/c1-9-2-3-11(15)6-10(9)8-20-14-7-12(16)4-5-13(14)17(18)19/h2-7H,8H2,1H3. The van der Waals surface area contributed by atoms with Crippen molar-refractivity contribution in [1.82, 2.24) is 0 Å². The first kappa shape index (κ1) is 13.9. The topological polar surface area (TPSA) is 52.4 Å². The van der Waals surface area contributed by atoms with Gasteiger partial charge < -0.3 is 4.74 Å². The maximum atomic E-state index is 13.1. The van der Waals surface area contributed by atoms with Gasteiger partial charge in [-0.05, 0) is 36.2 Å². The molecule has 4 nitrogen and oxygen atoms in total. The van der Waals surface area contributed by atoms with E-state index in [2.05, 4.69) is 0 Å². The second-order valence-corrected chi connectivity index (χ2v) is 4.23.